The van der Waals surface area contributed by atoms with Crippen LogP contribution in [0, 0.1) is 11.7 Å². The molecule has 0 amide bonds. The Morgan fingerprint density at radius 3 is 2.72 bits per heavy atom. The Kier molecular flexibility index (Phi) is 4.73. The maximum Gasteiger partial charge on any atom is 0.138 e. The molecular weight excluding hydrogens is 315 g/mol. The maximum atomic E-state index is 13.4. The van der Waals surface area contributed by atoms with E-state index in [0.29, 0.717) is 10.4 Å². The van der Waals surface area contributed by atoms with E-state index in [-0.39, 0.29) is 5.82 Å². The van der Waals surface area contributed by atoms with Gasteiger partial charge in [0.25, 0.3) is 0 Å². The summed E-state index contributed by atoms with van der Waals surface area (Å²) in [6.07, 6.45) is 3.90. The molecule has 100 valence electrons. The van der Waals surface area contributed by atoms with Crippen molar-refractivity contribution in [1.82, 2.24) is 0 Å². The van der Waals surface area contributed by atoms with Crippen molar-refractivity contribution in [3.63, 3.8) is 0 Å². The van der Waals surface area contributed by atoms with Crippen LogP contribution in [0.5, 0.6) is 0 Å². The van der Waals surface area contributed by atoms with Crippen molar-refractivity contribution < 1.29 is 9.50 Å². The van der Waals surface area contributed by atoms with Crippen molar-refractivity contribution in [1.29, 1.82) is 0 Å². The smallest absolute Gasteiger partial charge is 0.138 e. The van der Waals surface area contributed by atoms with Gasteiger partial charge in [0, 0.05) is 10.6 Å². The predicted molar refractivity (Wildman–Crippen MR) is 77.4 cm³/mol. The summed E-state index contributed by atoms with van der Waals surface area (Å²) in [4.78, 5) is 0.980. The Bertz CT molecular complexity index is 412. The third kappa shape index (κ3) is 3.97. The number of aliphatic hydroxyl groups is 1. The molecular formula is C14H18BrFOS. The number of rotatable bonds is 3. The van der Waals surface area contributed by atoms with E-state index >= 15 is 0 Å². The zero-order valence-corrected chi connectivity index (χ0v) is 12.9. The van der Waals surface area contributed by atoms with E-state index < -0.39 is 5.60 Å². The zero-order valence-electron chi connectivity index (χ0n) is 10.5. The van der Waals surface area contributed by atoms with Crippen molar-refractivity contribution in [2.75, 3.05) is 5.75 Å². The Balaban J connectivity index is 1.83. The van der Waals surface area contributed by atoms with Gasteiger partial charge in [-0.1, -0.05) is 0 Å². The standard InChI is InChI=1S/C14H18BrFOS/c1-14(17)6-4-10(5-7-14)9-18-11-2-3-12(15)13(16)8-11/h2-3,8,10,17H,4-7,9H2,1H3/t10-,14+. The van der Waals surface area contributed by atoms with Gasteiger partial charge in [0.15, 0.2) is 0 Å². The molecule has 1 nitrogen and oxygen atoms in total. The van der Waals surface area contributed by atoms with Gasteiger partial charge in [-0.3, -0.25) is 0 Å². The zero-order chi connectivity index (χ0) is 13.2. The fraction of sp³-hybridized carbons (Fsp3) is 0.571. The third-order valence-electron chi connectivity index (χ3n) is 3.56. The topological polar surface area (TPSA) is 20.2 Å². The lowest BCUT2D eigenvalue weighted by Gasteiger charge is -2.32. The highest BCUT2D eigenvalue weighted by Gasteiger charge is 2.28. The van der Waals surface area contributed by atoms with E-state index in [1.165, 1.54) is 0 Å². The van der Waals surface area contributed by atoms with Crippen LogP contribution in [-0.2, 0) is 0 Å². The highest BCUT2D eigenvalue weighted by atomic mass is 79.9. The van der Waals surface area contributed by atoms with E-state index in [1.807, 2.05) is 13.0 Å². The monoisotopic (exact) mass is 332 g/mol. The van der Waals surface area contributed by atoms with Crippen molar-refractivity contribution in [2.24, 2.45) is 5.92 Å². The van der Waals surface area contributed by atoms with Crippen LogP contribution in [0.2, 0.25) is 0 Å². The van der Waals surface area contributed by atoms with Crippen molar-refractivity contribution in [3.8, 4) is 0 Å². The summed E-state index contributed by atoms with van der Waals surface area (Å²) < 4.78 is 13.9. The van der Waals surface area contributed by atoms with Gasteiger partial charge in [-0.15, -0.1) is 11.8 Å². The molecule has 18 heavy (non-hydrogen) atoms. The van der Waals surface area contributed by atoms with Crippen LogP contribution in [0.4, 0.5) is 4.39 Å². The third-order valence-corrected chi connectivity index (χ3v) is 5.43. The molecule has 0 saturated heterocycles. The first kappa shape index (κ1) is 14.4. The molecule has 4 heteroatoms. The van der Waals surface area contributed by atoms with Crippen LogP contribution in [0.15, 0.2) is 27.6 Å². The number of hydrogen-bond donors (Lipinski definition) is 1. The van der Waals surface area contributed by atoms with Crippen LogP contribution in [-0.4, -0.2) is 16.5 Å². The van der Waals surface area contributed by atoms with Crippen LogP contribution in [0.1, 0.15) is 32.6 Å². The summed E-state index contributed by atoms with van der Waals surface area (Å²) in [5.41, 5.74) is -0.467. The van der Waals surface area contributed by atoms with Crippen LogP contribution in [0.25, 0.3) is 0 Å². The molecule has 0 radical (unpaired) electrons. The minimum absolute atomic E-state index is 0.202. The van der Waals surface area contributed by atoms with Gasteiger partial charge >= 0.3 is 0 Å². The summed E-state index contributed by atoms with van der Waals surface area (Å²) in [7, 11) is 0. The van der Waals surface area contributed by atoms with Crippen LogP contribution in [0.3, 0.4) is 0 Å². The molecule has 0 aromatic heterocycles. The normalized spacial score (nSPS) is 28.3. The lowest BCUT2D eigenvalue weighted by molar-refractivity contribution is 0.0110. The van der Waals surface area contributed by atoms with E-state index in [1.54, 1.807) is 23.9 Å². The molecule has 0 unspecified atom stereocenters. The Morgan fingerprint density at radius 1 is 1.44 bits per heavy atom. The van der Waals surface area contributed by atoms with Crippen LogP contribution >= 0.6 is 27.7 Å². The molecule has 1 aliphatic carbocycles. The molecule has 1 aromatic carbocycles. The van der Waals surface area contributed by atoms with E-state index in [9.17, 15) is 9.50 Å². The molecule has 2 rings (SSSR count). The van der Waals surface area contributed by atoms with Gasteiger partial charge in [-0.05, 0) is 72.7 Å². The maximum absolute atomic E-state index is 13.4. The highest BCUT2D eigenvalue weighted by molar-refractivity contribution is 9.10. The molecule has 0 aliphatic heterocycles. The number of hydrogen-bond acceptors (Lipinski definition) is 2. The fourth-order valence-electron chi connectivity index (χ4n) is 2.25. The lowest BCUT2D eigenvalue weighted by atomic mass is 9.81. The SMILES string of the molecule is C[C@]1(O)CC[C@@H](CSc2ccc(Br)c(F)c2)CC1. The average Bonchev–Trinajstić information content (AvgIpc) is 2.32. The molecule has 0 atom stereocenters. The van der Waals surface area contributed by atoms with E-state index in [4.69, 9.17) is 0 Å². The second-order valence-electron chi connectivity index (χ2n) is 5.33. The summed E-state index contributed by atoms with van der Waals surface area (Å²) >= 11 is 4.86. The van der Waals surface area contributed by atoms with Crippen molar-refractivity contribution >= 4 is 27.7 Å². The fourth-order valence-corrected chi connectivity index (χ4v) is 3.61. The molecule has 1 N–H and O–H groups in total. The summed E-state index contributed by atoms with van der Waals surface area (Å²) in [6, 6.07) is 5.27. The van der Waals surface area contributed by atoms with Crippen molar-refractivity contribution in [2.45, 2.75) is 43.1 Å². The predicted octanol–water partition coefficient (Wildman–Crippen LogP) is 4.62. The number of benzene rings is 1. The quantitative estimate of drug-likeness (QED) is 0.815. The molecule has 1 aliphatic rings. The molecule has 1 saturated carbocycles. The first-order chi connectivity index (χ1) is 8.46. The summed E-state index contributed by atoms with van der Waals surface area (Å²) in [5.74, 6) is 1.45. The number of thioether (sulfide) groups is 1. The first-order valence-electron chi connectivity index (χ1n) is 6.26. The molecule has 1 fully saturated rings. The summed E-state index contributed by atoms with van der Waals surface area (Å²) in [5, 5.41) is 9.88. The van der Waals surface area contributed by atoms with Gasteiger partial charge < -0.3 is 5.11 Å². The second kappa shape index (κ2) is 5.93. The molecule has 0 spiro atoms. The Morgan fingerprint density at radius 2 is 2.11 bits per heavy atom. The van der Waals surface area contributed by atoms with Crippen LogP contribution < -0.4 is 0 Å². The largest absolute Gasteiger partial charge is 0.390 e. The highest BCUT2D eigenvalue weighted by Crippen LogP contribution is 2.35. The Hall–Kier alpha value is -0.0600. The number of halogens is 2. The van der Waals surface area contributed by atoms with Crippen molar-refractivity contribution in [3.05, 3.63) is 28.5 Å². The molecule has 1 aromatic rings. The average molecular weight is 333 g/mol. The molecule has 0 heterocycles. The van der Waals surface area contributed by atoms with Gasteiger partial charge in [-0.25, -0.2) is 4.39 Å². The van der Waals surface area contributed by atoms with E-state index in [2.05, 4.69) is 15.9 Å². The Labute approximate surface area is 120 Å². The van der Waals surface area contributed by atoms with Gasteiger partial charge in [0.2, 0.25) is 0 Å². The minimum Gasteiger partial charge on any atom is -0.390 e. The van der Waals surface area contributed by atoms with Gasteiger partial charge in [0.1, 0.15) is 5.82 Å². The van der Waals surface area contributed by atoms with E-state index in [0.717, 1.165) is 36.3 Å². The van der Waals surface area contributed by atoms with Gasteiger partial charge in [0.05, 0.1) is 10.1 Å². The molecule has 0 bridgehead atoms. The second-order valence-corrected chi connectivity index (χ2v) is 7.27. The first-order valence-corrected chi connectivity index (χ1v) is 8.04. The summed E-state index contributed by atoms with van der Waals surface area (Å²) in [6.45, 7) is 1.92. The van der Waals surface area contributed by atoms with Gasteiger partial charge in [-0.2, -0.15) is 0 Å². The lowest BCUT2D eigenvalue weighted by Crippen LogP contribution is -2.30. The minimum atomic E-state index is -0.467.